The van der Waals surface area contributed by atoms with Gasteiger partial charge in [-0.15, -0.1) is 0 Å². The van der Waals surface area contributed by atoms with Gasteiger partial charge in [0.05, 0.1) is 0 Å². The number of nitrogens with zero attached hydrogens (tertiary/aromatic N) is 1. The predicted molar refractivity (Wildman–Crippen MR) is 52.4 cm³/mol. The largest absolute Gasteiger partial charge is 0.337 e. The summed E-state index contributed by atoms with van der Waals surface area (Å²) in [5.74, 6) is 0.422. The number of rotatable bonds is 2. The summed E-state index contributed by atoms with van der Waals surface area (Å²) < 4.78 is 0. The summed E-state index contributed by atoms with van der Waals surface area (Å²) in [5.41, 5.74) is 0.208. The van der Waals surface area contributed by atoms with Gasteiger partial charge >= 0.3 is 0 Å². The Labute approximate surface area is 80.3 Å². The molecule has 1 heterocycles. The fourth-order valence-electron chi connectivity index (χ4n) is 2.20. The molecule has 1 saturated carbocycles. The van der Waals surface area contributed by atoms with Crippen molar-refractivity contribution in [3.05, 3.63) is 0 Å². The molecule has 1 aliphatic carbocycles. The van der Waals surface area contributed by atoms with Crippen LogP contribution in [0.2, 0.25) is 0 Å². The second kappa shape index (κ2) is 2.49. The van der Waals surface area contributed by atoms with Gasteiger partial charge in [0.2, 0.25) is 5.91 Å². The third kappa shape index (κ3) is 1.18. The lowest BCUT2D eigenvalue weighted by Crippen LogP contribution is -2.60. The molecule has 0 bridgehead atoms. The Hall–Kier alpha value is -0.530. The molecule has 0 N–H and O–H groups in total. The molecule has 2 nitrogen and oxygen atoms in total. The van der Waals surface area contributed by atoms with Gasteiger partial charge in [-0.1, -0.05) is 6.92 Å². The van der Waals surface area contributed by atoms with Crippen molar-refractivity contribution in [3.63, 3.8) is 0 Å². The highest BCUT2D eigenvalue weighted by molar-refractivity contribution is 5.86. The van der Waals surface area contributed by atoms with Gasteiger partial charge in [-0.2, -0.15) is 0 Å². The van der Waals surface area contributed by atoms with E-state index < -0.39 is 0 Å². The third-order valence-electron chi connectivity index (χ3n) is 3.91. The smallest absolute Gasteiger partial charge is 0.229 e. The van der Waals surface area contributed by atoms with Gasteiger partial charge in [-0.3, -0.25) is 4.79 Å². The maximum Gasteiger partial charge on any atom is 0.229 e. The summed E-state index contributed by atoms with van der Waals surface area (Å²) in [4.78, 5) is 14.2. The molecular weight excluding hydrogens is 162 g/mol. The summed E-state index contributed by atoms with van der Waals surface area (Å²) in [6, 6.07) is 0. The van der Waals surface area contributed by atoms with E-state index in [-0.39, 0.29) is 11.0 Å². The fourth-order valence-corrected chi connectivity index (χ4v) is 2.20. The molecular formula is C11H19NO. The monoisotopic (exact) mass is 181 g/mol. The molecule has 0 aromatic carbocycles. The second-order valence-electron chi connectivity index (χ2n) is 5.15. The Morgan fingerprint density at radius 2 is 1.92 bits per heavy atom. The standard InChI is InChI=1S/C11H19NO/c1-4-11(5-6-11)9(13)12-8-7-10(12,2)3/h4-8H2,1-3H3. The van der Waals surface area contributed by atoms with E-state index in [1.807, 2.05) is 0 Å². The molecule has 2 fully saturated rings. The van der Waals surface area contributed by atoms with E-state index in [9.17, 15) is 4.79 Å². The van der Waals surface area contributed by atoms with Crippen LogP contribution in [-0.4, -0.2) is 22.9 Å². The number of likely N-dealkylation sites (tertiary alicyclic amines) is 1. The minimum Gasteiger partial charge on any atom is -0.337 e. The van der Waals surface area contributed by atoms with E-state index in [2.05, 4.69) is 25.7 Å². The molecule has 13 heavy (non-hydrogen) atoms. The first-order valence-corrected chi connectivity index (χ1v) is 5.34. The molecule has 74 valence electrons. The zero-order valence-electron chi connectivity index (χ0n) is 8.89. The van der Waals surface area contributed by atoms with Crippen LogP contribution in [0.3, 0.4) is 0 Å². The van der Waals surface area contributed by atoms with E-state index in [0.29, 0.717) is 5.91 Å². The van der Waals surface area contributed by atoms with Gasteiger partial charge in [-0.05, 0) is 39.5 Å². The molecule has 1 saturated heterocycles. The Morgan fingerprint density at radius 1 is 1.31 bits per heavy atom. The van der Waals surface area contributed by atoms with Crippen molar-refractivity contribution >= 4 is 5.91 Å². The molecule has 2 rings (SSSR count). The number of carbonyl (C=O) groups is 1. The third-order valence-corrected chi connectivity index (χ3v) is 3.91. The van der Waals surface area contributed by atoms with E-state index >= 15 is 0 Å². The van der Waals surface area contributed by atoms with Gasteiger partial charge < -0.3 is 4.90 Å². The molecule has 0 aromatic heterocycles. The summed E-state index contributed by atoms with van der Waals surface area (Å²) >= 11 is 0. The lowest BCUT2D eigenvalue weighted by Gasteiger charge is -2.50. The highest BCUT2D eigenvalue weighted by Gasteiger charge is 2.54. The summed E-state index contributed by atoms with van der Waals surface area (Å²) in [6.07, 6.45) is 4.43. The van der Waals surface area contributed by atoms with Gasteiger partial charge in [0.25, 0.3) is 0 Å². The van der Waals surface area contributed by atoms with Crippen LogP contribution < -0.4 is 0 Å². The normalized spacial score (nSPS) is 28.1. The lowest BCUT2D eigenvalue weighted by molar-refractivity contribution is -0.151. The fraction of sp³-hybridized carbons (Fsp3) is 0.909. The van der Waals surface area contributed by atoms with Gasteiger partial charge in [0.1, 0.15) is 0 Å². The van der Waals surface area contributed by atoms with Crippen molar-refractivity contribution in [2.24, 2.45) is 5.41 Å². The SMILES string of the molecule is CCC1(C(=O)N2CCC2(C)C)CC1. The highest BCUT2D eigenvalue weighted by atomic mass is 16.2. The Balaban J connectivity index is 2.06. The summed E-state index contributed by atoms with van der Waals surface area (Å²) in [5, 5.41) is 0. The Kier molecular flexibility index (Phi) is 1.73. The van der Waals surface area contributed by atoms with Crippen LogP contribution in [0, 0.1) is 5.41 Å². The van der Waals surface area contributed by atoms with Crippen molar-refractivity contribution in [3.8, 4) is 0 Å². The number of hydrogen-bond acceptors (Lipinski definition) is 1. The van der Waals surface area contributed by atoms with Crippen molar-refractivity contribution < 1.29 is 4.79 Å². The molecule has 0 unspecified atom stereocenters. The Morgan fingerprint density at radius 3 is 2.15 bits per heavy atom. The van der Waals surface area contributed by atoms with E-state index in [4.69, 9.17) is 0 Å². The van der Waals surface area contributed by atoms with Gasteiger partial charge in [0, 0.05) is 17.5 Å². The van der Waals surface area contributed by atoms with Gasteiger partial charge in [0.15, 0.2) is 0 Å². The number of amides is 1. The maximum absolute atomic E-state index is 12.1. The van der Waals surface area contributed by atoms with E-state index in [1.165, 1.54) is 6.42 Å². The maximum atomic E-state index is 12.1. The molecule has 1 aliphatic heterocycles. The van der Waals surface area contributed by atoms with Crippen LogP contribution in [0.4, 0.5) is 0 Å². The second-order valence-corrected chi connectivity index (χ2v) is 5.15. The first-order valence-electron chi connectivity index (χ1n) is 5.34. The van der Waals surface area contributed by atoms with Crippen molar-refractivity contribution in [2.45, 2.75) is 52.0 Å². The molecule has 0 atom stereocenters. The number of carbonyl (C=O) groups excluding carboxylic acids is 1. The molecule has 0 aromatic rings. The van der Waals surface area contributed by atoms with Crippen LogP contribution in [0.1, 0.15) is 46.5 Å². The minimum atomic E-state index is 0.0672. The quantitative estimate of drug-likeness (QED) is 0.639. The average molecular weight is 181 g/mol. The van der Waals surface area contributed by atoms with Crippen LogP contribution in [-0.2, 0) is 4.79 Å². The Bertz CT molecular complexity index is 240. The molecule has 2 heteroatoms. The first kappa shape index (κ1) is 9.04. The van der Waals surface area contributed by atoms with Gasteiger partial charge in [-0.25, -0.2) is 0 Å². The van der Waals surface area contributed by atoms with E-state index in [1.54, 1.807) is 0 Å². The molecule has 0 spiro atoms. The summed E-state index contributed by atoms with van der Waals surface area (Å²) in [7, 11) is 0. The van der Waals surface area contributed by atoms with Crippen LogP contribution >= 0.6 is 0 Å². The number of hydrogen-bond donors (Lipinski definition) is 0. The zero-order valence-corrected chi connectivity index (χ0v) is 8.89. The van der Waals surface area contributed by atoms with Crippen LogP contribution in [0.5, 0.6) is 0 Å². The van der Waals surface area contributed by atoms with Crippen molar-refractivity contribution in [2.75, 3.05) is 6.54 Å². The summed E-state index contributed by atoms with van der Waals surface area (Å²) in [6.45, 7) is 7.45. The first-order chi connectivity index (χ1) is 6.02. The van der Waals surface area contributed by atoms with Crippen molar-refractivity contribution in [1.29, 1.82) is 0 Å². The topological polar surface area (TPSA) is 20.3 Å². The van der Waals surface area contributed by atoms with E-state index in [0.717, 1.165) is 25.8 Å². The minimum absolute atomic E-state index is 0.0672. The van der Waals surface area contributed by atoms with Crippen molar-refractivity contribution in [1.82, 2.24) is 4.90 Å². The average Bonchev–Trinajstić information content (AvgIpc) is 2.82. The molecule has 2 aliphatic rings. The zero-order chi connectivity index (χ0) is 9.69. The van der Waals surface area contributed by atoms with Crippen LogP contribution in [0.25, 0.3) is 0 Å². The molecule has 0 radical (unpaired) electrons. The van der Waals surface area contributed by atoms with Crippen LogP contribution in [0.15, 0.2) is 0 Å². The highest BCUT2D eigenvalue weighted by Crippen LogP contribution is 2.52. The predicted octanol–water partition coefficient (Wildman–Crippen LogP) is 2.19. The lowest BCUT2D eigenvalue weighted by atomic mass is 9.86. The molecule has 1 amide bonds.